The molecule has 2 aromatic carbocycles. The van der Waals surface area contributed by atoms with Crippen LogP contribution >= 0.6 is 0 Å². The molecule has 21 heavy (non-hydrogen) atoms. The lowest BCUT2D eigenvalue weighted by Gasteiger charge is -2.10. The standard InChI is InChI=1S/C14H15FN2O3S/c1-20-11-6-7-14(13(16)8-11)21(18,19)17-9-10-4-2-3-5-12(10)15/h2-8,17H,9,16H2,1H3. The summed E-state index contributed by atoms with van der Waals surface area (Å²) >= 11 is 0. The maximum Gasteiger partial charge on any atom is 0.242 e. The number of nitrogen functional groups attached to an aromatic ring is 1. The first-order chi connectivity index (χ1) is 9.94. The zero-order chi connectivity index (χ0) is 15.5. The molecule has 3 N–H and O–H groups in total. The molecule has 112 valence electrons. The molecule has 0 heterocycles. The van der Waals surface area contributed by atoms with Crippen LogP contribution in [-0.2, 0) is 16.6 Å². The zero-order valence-electron chi connectivity index (χ0n) is 11.3. The Morgan fingerprint density at radius 3 is 2.57 bits per heavy atom. The van der Waals surface area contributed by atoms with Gasteiger partial charge in [0.2, 0.25) is 10.0 Å². The summed E-state index contributed by atoms with van der Waals surface area (Å²) in [5, 5.41) is 0. The van der Waals surface area contributed by atoms with E-state index in [9.17, 15) is 12.8 Å². The summed E-state index contributed by atoms with van der Waals surface area (Å²) in [5.41, 5.74) is 6.03. The van der Waals surface area contributed by atoms with E-state index in [1.165, 1.54) is 43.5 Å². The van der Waals surface area contributed by atoms with E-state index in [1.807, 2.05) is 0 Å². The molecular weight excluding hydrogens is 295 g/mol. The molecule has 0 aliphatic rings. The lowest BCUT2D eigenvalue weighted by atomic mass is 10.2. The Hall–Kier alpha value is -2.12. The van der Waals surface area contributed by atoms with E-state index >= 15 is 0 Å². The number of hydrogen-bond acceptors (Lipinski definition) is 4. The molecule has 0 spiro atoms. The maximum absolute atomic E-state index is 13.5. The van der Waals surface area contributed by atoms with Crippen LogP contribution in [0.3, 0.4) is 0 Å². The Kier molecular flexibility index (Phi) is 4.44. The second kappa shape index (κ2) is 6.11. The number of ether oxygens (including phenoxy) is 1. The largest absolute Gasteiger partial charge is 0.497 e. The predicted octanol–water partition coefficient (Wildman–Crippen LogP) is 1.90. The molecule has 0 aliphatic carbocycles. The van der Waals surface area contributed by atoms with Crippen LogP contribution in [0, 0.1) is 5.82 Å². The van der Waals surface area contributed by atoms with Crippen molar-refractivity contribution >= 4 is 15.7 Å². The van der Waals surface area contributed by atoms with Gasteiger partial charge in [0.05, 0.1) is 12.8 Å². The van der Waals surface area contributed by atoms with Gasteiger partial charge in [0.25, 0.3) is 0 Å². The smallest absolute Gasteiger partial charge is 0.242 e. The fourth-order valence-corrected chi connectivity index (χ4v) is 2.91. The Morgan fingerprint density at radius 2 is 1.95 bits per heavy atom. The molecule has 2 rings (SSSR count). The summed E-state index contributed by atoms with van der Waals surface area (Å²) in [5.74, 6) is -0.0107. The molecule has 5 nitrogen and oxygen atoms in total. The Labute approximate surface area is 122 Å². The SMILES string of the molecule is COc1ccc(S(=O)(=O)NCc2ccccc2F)c(N)c1. The van der Waals surface area contributed by atoms with E-state index in [2.05, 4.69) is 4.72 Å². The second-order valence-corrected chi connectivity index (χ2v) is 6.06. The van der Waals surface area contributed by atoms with Crippen LogP contribution in [0.4, 0.5) is 10.1 Å². The highest BCUT2D eigenvalue weighted by Crippen LogP contribution is 2.23. The summed E-state index contributed by atoms with van der Waals surface area (Å²) in [6.07, 6.45) is 0. The molecule has 0 fully saturated rings. The van der Waals surface area contributed by atoms with Crippen LogP contribution < -0.4 is 15.2 Å². The second-order valence-electron chi connectivity index (χ2n) is 4.32. The number of benzene rings is 2. The van der Waals surface area contributed by atoms with Crippen molar-refractivity contribution in [1.82, 2.24) is 4.72 Å². The third-order valence-corrected chi connectivity index (χ3v) is 4.39. The molecule has 0 amide bonds. The summed E-state index contributed by atoms with van der Waals surface area (Å²) < 4.78 is 45.1. The molecular formula is C14H15FN2O3S. The lowest BCUT2D eigenvalue weighted by Crippen LogP contribution is -2.24. The van der Waals surface area contributed by atoms with Gasteiger partial charge in [0, 0.05) is 18.2 Å². The quantitative estimate of drug-likeness (QED) is 0.826. The van der Waals surface area contributed by atoms with Crippen molar-refractivity contribution in [3.63, 3.8) is 0 Å². The first-order valence-electron chi connectivity index (χ1n) is 6.10. The number of hydrogen-bond donors (Lipinski definition) is 2. The van der Waals surface area contributed by atoms with Crippen molar-refractivity contribution in [3.8, 4) is 5.75 Å². The van der Waals surface area contributed by atoms with Gasteiger partial charge in [-0.3, -0.25) is 0 Å². The number of anilines is 1. The number of nitrogens with one attached hydrogen (secondary N) is 1. The van der Waals surface area contributed by atoms with Gasteiger partial charge < -0.3 is 10.5 Å². The van der Waals surface area contributed by atoms with Gasteiger partial charge in [-0.05, 0) is 18.2 Å². The monoisotopic (exact) mass is 310 g/mol. The first kappa shape index (κ1) is 15.3. The molecule has 0 saturated carbocycles. The summed E-state index contributed by atoms with van der Waals surface area (Å²) in [6.45, 7) is -0.152. The number of halogens is 1. The highest BCUT2D eigenvalue weighted by atomic mass is 32.2. The van der Waals surface area contributed by atoms with E-state index in [0.717, 1.165) is 0 Å². The third-order valence-electron chi connectivity index (χ3n) is 2.92. The minimum absolute atomic E-state index is 0.0652. The first-order valence-corrected chi connectivity index (χ1v) is 7.59. The number of rotatable bonds is 5. The fourth-order valence-electron chi connectivity index (χ4n) is 1.79. The van der Waals surface area contributed by atoms with Gasteiger partial charge in [-0.2, -0.15) is 0 Å². The fraction of sp³-hybridized carbons (Fsp3) is 0.143. The van der Waals surface area contributed by atoms with Gasteiger partial charge in [0.15, 0.2) is 0 Å². The Bertz CT molecular complexity index is 748. The minimum atomic E-state index is -3.83. The molecule has 2 aromatic rings. The normalized spacial score (nSPS) is 11.3. The maximum atomic E-state index is 13.5. The van der Waals surface area contributed by atoms with Crippen LogP contribution in [0.2, 0.25) is 0 Å². The van der Waals surface area contributed by atoms with Crippen molar-refractivity contribution in [2.24, 2.45) is 0 Å². The molecule has 0 bridgehead atoms. The van der Waals surface area contributed by atoms with Gasteiger partial charge >= 0.3 is 0 Å². The number of nitrogens with two attached hydrogens (primary N) is 1. The van der Waals surface area contributed by atoms with Crippen LogP contribution in [0.25, 0.3) is 0 Å². The summed E-state index contributed by atoms with van der Waals surface area (Å²) in [6, 6.07) is 10.2. The topological polar surface area (TPSA) is 81.4 Å². The molecule has 0 aliphatic heterocycles. The van der Waals surface area contributed by atoms with Crippen molar-refractivity contribution in [1.29, 1.82) is 0 Å². The molecule has 0 saturated heterocycles. The van der Waals surface area contributed by atoms with E-state index < -0.39 is 15.8 Å². The van der Waals surface area contributed by atoms with Gasteiger partial charge in [-0.15, -0.1) is 0 Å². The van der Waals surface area contributed by atoms with Crippen molar-refractivity contribution in [2.75, 3.05) is 12.8 Å². The number of sulfonamides is 1. The van der Waals surface area contributed by atoms with Crippen LogP contribution in [-0.4, -0.2) is 15.5 Å². The Balaban J connectivity index is 2.21. The van der Waals surface area contributed by atoms with Crippen molar-refractivity contribution in [3.05, 3.63) is 53.8 Å². The lowest BCUT2D eigenvalue weighted by molar-refractivity contribution is 0.414. The van der Waals surface area contributed by atoms with Gasteiger partial charge in [-0.25, -0.2) is 17.5 Å². The summed E-state index contributed by atoms with van der Waals surface area (Å²) in [7, 11) is -2.37. The predicted molar refractivity (Wildman–Crippen MR) is 77.8 cm³/mol. The average molecular weight is 310 g/mol. The minimum Gasteiger partial charge on any atom is -0.497 e. The highest BCUT2D eigenvalue weighted by molar-refractivity contribution is 7.89. The van der Waals surface area contributed by atoms with Crippen LogP contribution in [0.15, 0.2) is 47.4 Å². The van der Waals surface area contributed by atoms with Crippen LogP contribution in [0.5, 0.6) is 5.75 Å². The highest BCUT2D eigenvalue weighted by Gasteiger charge is 2.18. The van der Waals surface area contributed by atoms with Crippen LogP contribution in [0.1, 0.15) is 5.56 Å². The van der Waals surface area contributed by atoms with E-state index in [-0.39, 0.29) is 22.7 Å². The van der Waals surface area contributed by atoms with E-state index in [4.69, 9.17) is 10.5 Å². The molecule has 7 heteroatoms. The molecule has 0 radical (unpaired) electrons. The van der Waals surface area contributed by atoms with Gasteiger partial charge in [-0.1, -0.05) is 18.2 Å². The van der Waals surface area contributed by atoms with Gasteiger partial charge in [0.1, 0.15) is 16.5 Å². The number of methoxy groups -OCH3 is 1. The molecule has 0 aromatic heterocycles. The third kappa shape index (κ3) is 3.50. The average Bonchev–Trinajstić information content (AvgIpc) is 2.46. The van der Waals surface area contributed by atoms with Crippen molar-refractivity contribution < 1.29 is 17.5 Å². The van der Waals surface area contributed by atoms with E-state index in [1.54, 1.807) is 6.07 Å². The molecule has 0 atom stereocenters. The molecule has 0 unspecified atom stereocenters. The van der Waals surface area contributed by atoms with Crippen molar-refractivity contribution in [2.45, 2.75) is 11.4 Å². The van der Waals surface area contributed by atoms with E-state index in [0.29, 0.717) is 5.75 Å². The Morgan fingerprint density at radius 1 is 1.24 bits per heavy atom. The zero-order valence-corrected chi connectivity index (χ0v) is 12.2. The summed E-state index contributed by atoms with van der Waals surface area (Å²) in [4.78, 5) is -0.0698.